The van der Waals surface area contributed by atoms with Crippen LogP contribution >= 0.6 is 11.6 Å². The first-order valence-electron chi connectivity index (χ1n) is 15.2. The molecule has 0 spiro atoms. The van der Waals surface area contributed by atoms with E-state index in [1.807, 2.05) is 12.1 Å². The van der Waals surface area contributed by atoms with Gasteiger partial charge in [0.25, 0.3) is 17.4 Å². The van der Waals surface area contributed by atoms with Crippen molar-refractivity contribution in [2.24, 2.45) is 11.3 Å². The topological polar surface area (TPSA) is 73.3 Å². The van der Waals surface area contributed by atoms with Crippen LogP contribution < -0.4 is 9.64 Å². The van der Waals surface area contributed by atoms with Crippen molar-refractivity contribution in [2.45, 2.75) is 70.8 Å². The van der Waals surface area contributed by atoms with Gasteiger partial charge < -0.3 is 24.5 Å². The molecule has 11 heteroatoms. The third-order valence-electron chi connectivity index (χ3n) is 8.95. The van der Waals surface area contributed by atoms with Crippen LogP contribution in [-0.4, -0.2) is 79.3 Å². The van der Waals surface area contributed by atoms with E-state index >= 15 is 0 Å². The molecule has 44 heavy (non-hydrogen) atoms. The van der Waals surface area contributed by atoms with Gasteiger partial charge >= 0.3 is 6.18 Å². The van der Waals surface area contributed by atoms with Crippen LogP contribution in [-0.2, 0) is 10.4 Å². The van der Waals surface area contributed by atoms with E-state index < -0.39 is 23.2 Å². The zero-order valence-corrected chi connectivity index (χ0v) is 26.8. The van der Waals surface area contributed by atoms with E-state index in [0.717, 1.165) is 55.1 Å². The van der Waals surface area contributed by atoms with Crippen LogP contribution in [0.4, 0.5) is 18.9 Å². The van der Waals surface area contributed by atoms with Crippen molar-refractivity contribution in [3.8, 4) is 5.75 Å². The second-order valence-electron chi connectivity index (χ2n) is 13.0. The third kappa shape index (κ3) is 7.28. The van der Waals surface area contributed by atoms with Crippen molar-refractivity contribution in [1.82, 2.24) is 9.80 Å². The Morgan fingerprint density at radius 3 is 2.25 bits per heavy atom. The smallest absolute Gasteiger partial charge is 0.430 e. The lowest BCUT2D eigenvalue weighted by molar-refractivity contribution is -0.262. The molecule has 2 aromatic rings. The Hall–Kier alpha value is -2.98. The fraction of sp³-hybridized carbons (Fsp3) is 0.576. The Kier molecular flexibility index (Phi) is 10.1. The number of amides is 2. The average molecular weight is 638 g/mol. The molecule has 7 nitrogen and oxygen atoms in total. The normalized spacial score (nSPS) is 19.1. The van der Waals surface area contributed by atoms with Crippen LogP contribution in [0.25, 0.3) is 0 Å². The summed E-state index contributed by atoms with van der Waals surface area (Å²) in [5, 5.41) is 11.4. The summed E-state index contributed by atoms with van der Waals surface area (Å²) in [5.74, 6) is -0.891. The predicted molar refractivity (Wildman–Crippen MR) is 165 cm³/mol. The van der Waals surface area contributed by atoms with Gasteiger partial charge in [-0.15, -0.1) is 0 Å². The molecule has 1 atom stereocenters. The number of halogens is 4. The molecule has 2 fully saturated rings. The van der Waals surface area contributed by atoms with Crippen LogP contribution in [0.3, 0.4) is 0 Å². The number of piperidine rings is 2. The molecule has 2 amide bonds. The van der Waals surface area contributed by atoms with Crippen molar-refractivity contribution in [2.75, 3.05) is 45.2 Å². The molecule has 2 saturated heterocycles. The Morgan fingerprint density at radius 2 is 1.70 bits per heavy atom. The fourth-order valence-corrected chi connectivity index (χ4v) is 6.62. The molecule has 0 aliphatic carbocycles. The van der Waals surface area contributed by atoms with E-state index in [9.17, 15) is 27.9 Å². The van der Waals surface area contributed by atoms with Crippen LogP contribution in [0.1, 0.15) is 68.8 Å². The molecular formula is C33H43ClF3N3O4. The highest BCUT2D eigenvalue weighted by atomic mass is 35.5. The quantitative estimate of drug-likeness (QED) is 0.357. The molecule has 242 valence electrons. The van der Waals surface area contributed by atoms with Crippen LogP contribution in [0.5, 0.6) is 5.75 Å². The monoisotopic (exact) mass is 637 g/mol. The molecular weight excluding hydrogens is 595 g/mol. The van der Waals surface area contributed by atoms with Crippen molar-refractivity contribution < 1.29 is 32.6 Å². The maximum atomic E-state index is 14.3. The highest BCUT2D eigenvalue weighted by molar-refractivity contribution is 6.34. The summed E-state index contributed by atoms with van der Waals surface area (Å²) in [4.78, 5) is 30.6. The molecule has 0 saturated carbocycles. The molecule has 0 unspecified atom stereocenters. The maximum absolute atomic E-state index is 14.3. The summed E-state index contributed by atoms with van der Waals surface area (Å²) in [6.45, 7) is 7.59. The lowest BCUT2D eigenvalue weighted by atomic mass is 9.71. The van der Waals surface area contributed by atoms with E-state index in [4.69, 9.17) is 16.3 Å². The zero-order chi connectivity index (χ0) is 32.4. The van der Waals surface area contributed by atoms with Gasteiger partial charge in [-0.25, -0.2) is 0 Å². The first kappa shape index (κ1) is 33.9. The first-order valence-corrected chi connectivity index (χ1v) is 15.5. The van der Waals surface area contributed by atoms with Crippen molar-refractivity contribution >= 4 is 29.1 Å². The van der Waals surface area contributed by atoms with Crippen molar-refractivity contribution in [3.63, 3.8) is 0 Å². The van der Waals surface area contributed by atoms with E-state index in [0.29, 0.717) is 29.3 Å². The summed E-state index contributed by atoms with van der Waals surface area (Å²) >= 11 is 6.42. The average Bonchev–Trinajstić information content (AvgIpc) is 2.96. The van der Waals surface area contributed by atoms with Crippen molar-refractivity contribution in [3.05, 3.63) is 58.6 Å². The molecule has 2 heterocycles. The molecule has 4 rings (SSSR count). The van der Waals surface area contributed by atoms with E-state index in [2.05, 4.69) is 11.8 Å². The lowest BCUT2D eigenvalue weighted by Gasteiger charge is -2.45. The van der Waals surface area contributed by atoms with Gasteiger partial charge in [0.15, 0.2) is 0 Å². The van der Waals surface area contributed by atoms with E-state index in [-0.39, 0.29) is 36.3 Å². The van der Waals surface area contributed by atoms with Gasteiger partial charge in [0.05, 0.1) is 16.7 Å². The van der Waals surface area contributed by atoms with Gasteiger partial charge in [0, 0.05) is 51.5 Å². The minimum absolute atomic E-state index is 0.123. The van der Waals surface area contributed by atoms with Gasteiger partial charge in [-0.2, -0.15) is 13.2 Å². The van der Waals surface area contributed by atoms with Gasteiger partial charge in [0.1, 0.15) is 5.75 Å². The highest BCUT2D eigenvalue weighted by Gasteiger charge is 2.62. The second-order valence-corrected chi connectivity index (χ2v) is 13.4. The maximum Gasteiger partial charge on any atom is 0.430 e. The van der Waals surface area contributed by atoms with Crippen molar-refractivity contribution in [1.29, 1.82) is 0 Å². The Morgan fingerprint density at radius 1 is 1.07 bits per heavy atom. The Labute approximate surface area is 262 Å². The van der Waals surface area contributed by atoms with Crippen LogP contribution in [0.15, 0.2) is 42.5 Å². The highest BCUT2D eigenvalue weighted by Crippen LogP contribution is 2.45. The molecule has 2 aromatic carbocycles. The minimum atomic E-state index is -5.21. The van der Waals surface area contributed by atoms with Gasteiger partial charge in [-0.3, -0.25) is 9.59 Å². The molecule has 2 aliphatic heterocycles. The van der Waals surface area contributed by atoms with Crippen LogP contribution in [0.2, 0.25) is 5.02 Å². The number of rotatable bonds is 8. The van der Waals surface area contributed by atoms with Gasteiger partial charge in [0.2, 0.25) is 0 Å². The number of benzene rings is 2. The van der Waals surface area contributed by atoms with E-state index in [1.54, 1.807) is 34.0 Å². The second kappa shape index (κ2) is 13.2. The van der Waals surface area contributed by atoms with Crippen LogP contribution in [0, 0.1) is 11.3 Å². The molecule has 0 aromatic heterocycles. The van der Waals surface area contributed by atoms with Gasteiger partial charge in [-0.1, -0.05) is 30.7 Å². The minimum Gasteiger partial charge on any atom is -0.491 e. The number of hydrogen-bond acceptors (Lipinski definition) is 5. The summed E-state index contributed by atoms with van der Waals surface area (Å²) in [5.41, 5.74) is -2.89. The number of carbonyl (C=O) groups excluding carboxylic acids is 2. The number of anilines is 1. The molecule has 0 bridgehead atoms. The summed E-state index contributed by atoms with van der Waals surface area (Å²) < 4.78 is 48.6. The Balaban J connectivity index is 1.36. The number of nitrogens with zero attached hydrogens (tertiary/aromatic N) is 3. The van der Waals surface area contributed by atoms with Gasteiger partial charge in [-0.05, 0) is 87.6 Å². The molecule has 1 N–H and O–H groups in total. The standard InChI is InChI=1S/C33H43ClF3N3O4/c1-22(2)44-26-8-6-7-24(19-26)32(43,33(35,36)37)30(42)40-17-13-31(3,14-18-40)21-23-11-15-39(16-12-23)25-9-10-27(28(34)20-25)29(41)38(4)5/h6-10,19-20,22-23,43H,11-18,21H2,1-5H3/t32-/m1/s1. The predicted octanol–water partition coefficient (Wildman–Crippen LogP) is 6.51. The SMILES string of the molecule is CC(C)Oc1cccc([C@@](O)(C(=O)N2CCC(C)(CC3CCN(c4ccc(C(=O)N(C)C)c(Cl)c4)CC3)CC2)C(F)(F)F)c1. The number of carbonyl (C=O) groups is 2. The summed E-state index contributed by atoms with van der Waals surface area (Å²) in [6.07, 6.45) is -1.55. The number of ether oxygens (including phenoxy) is 1. The summed E-state index contributed by atoms with van der Waals surface area (Å²) in [6, 6.07) is 10.6. The lowest BCUT2D eigenvalue weighted by Crippen LogP contribution is -2.57. The first-order chi connectivity index (χ1) is 20.5. The largest absolute Gasteiger partial charge is 0.491 e. The third-order valence-corrected chi connectivity index (χ3v) is 9.26. The fourth-order valence-electron chi connectivity index (χ4n) is 6.36. The zero-order valence-electron chi connectivity index (χ0n) is 26.1. The molecule has 2 aliphatic rings. The Bertz CT molecular complexity index is 1340. The van der Waals surface area contributed by atoms with E-state index in [1.165, 1.54) is 17.0 Å². The summed E-state index contributed by atoms with van der Waals surface area (Å²) in [7, 11) is 3.37. The molecule has 0 radical (unpaired) electrons. The number of hydrogen-bond donors (Lipinski definition) is 1. The number of alkyl halides is 3. The number of aliphatic hydroxyl groups is 1. The number of likely N-dealkylation sites (tertiary alicyclic amines) is 1.